The van der Waals surface area contributed by atoms with E-state index in [-0.39, 0.29) is 31.6 Å². The molecule has 4 bridgehead atoms. The van der Waals surface area contributed by atoms with Crippen molar-refractivity contribution in [1.82, 2.24) is 5.32 Å². The molecule has 4 aliphatic rings. The first kappa shape index (κ1) is 21.8. The van der Waals surface area contributed by atoms with E-state index in [1.54, 1.807) is 0 Å². The Kier molecular flexibility index (Phi) is 7.26. The summed E-state index contributed by atoms with van der Waals surface area (Å²) >= 11 is 0. The second-order valence-electron chi connectivity index (χ2n) is 7.89. The number of hydrogen-bond acceptors (Lipinski definition) is 9. The van der Waals surface area contributed by atoms with E-state index < -0.39 is 61.4 Å². The lowest BCUT2D eigenvalue weighted by atomic mass is 9.80. The standard InChI is InChI=1S/C18H31NO9/c1-8(21)19-6-11-13-14(23)10(22)5-9(27-11)3-2-4-26-17-12(7-20)28-18(13)16(25)15(17)24/h9-18,20,22-25H,2-7H2,1H3,(H,19,21)/t9-,10-,11+,12+,13?,14+,15+,16+,17+,18+/m0/s1. The third-order valence-electron chi connectivity index (χ3n) is 5.90. The third-order valence-corrected chi connectivity index (χ3v) is 5.90. The molecule has 4 aliphatic heterocycles. The maximum atomic E-state index is 11.4. The first-order chi connectivity index (χ1) is 13.3. The van der Waals surface area contributed by atoms with Gasteiger partial charge in [-0.3, -0.25) is 4.79 Å². The smallest absolute Gasteiger partial charge is 0.216 e. The predicted octanol–water partition coefficient (Wildman–Crippen LogP) is -2.72. The van der Waals surface area contributed by atoms with E-state index in [4.69, 9.17) is 14.2 Å². The number of aliphatic hydroxyl groups is 5. The summed E-state index contributed by atoms with van der Waals surface area (Å²) in [5.74, 6) is -1.22. The number of carbonyl (C=O) groups is 1. The molecule has 10 atom stereocenters. The Bertz CT molecular complexity index is 533. The molecule has 4 fully saturated rings. The van der Waals surface area contributed by atoms with Gasteiger partial charge in [0.2, 0.25) is 5.91 Å². The van der Waals surface area contributed by atoms with Crippen LogP contribution in [-0.2, 0) is 19.0 Å². The van der Waals surface area contributed by atoms with Gasteiger partial charge in [0.05, 0.1) is 37.1 Å². The second-order valence-corrected chi connectivity index (χ2v) is 7.89. The van der Waals surface area contributed by atoms with Crippen molar-refractivity contribution >= 4 is 5.91 Å². The number of hydrogen-bond donors (Lipinski definition) is 6. The molecule has 4 rings (SSSR count). The molecule has 0 aliphatic carbocycles. The molecular formula is C18H31NO9. The lowest BCUT2D eigenvalue weighted by molar-refractivity contribution is -0.270. The molecule has 1 amide bonds. The van der Waals surface area contributed by atoms with Crippen molar-refractivity contribution in [2.45, 2.75) is 81.1 Å². The monoisotopic (exact) mass is 405 g/mol. The molecule has 6 N–H and O–H groups in total. The first-order valence-electron chi connectivity index (χ1n) is 9.83. The van der Waals surface area contributed by atoms with Gasteiger partial charge in [-0.1, -0.05) is 0 Å². The Balaban J connectivity index is 1.98. The minimum absolute atomic E-state index is 0.0483. The molecule has 0 radical (unpaired) electrons. The van der Waals surface area contributed by atoms with E-state index in [0.717, 1.165) is 0 Å². The fraction of sp³-hybridized carbons (Fsp3) is 0.944. The largest absolute Gasteiger partial charge is 0.394 e. The molecule has 162 valence electrons. The van der Waals surface area contributed by atoms with Crippen molar-refractivity contribution in [2.75, 3.05) is 19.8 Å². The summed E-state index contributed by atoms with van der Waals surface area (Å²) in [5, 5.41) is 55.0. The molecule has 0 aromatic heterocycles. The summed E-state index contributed by atoms with van der Waals surface area (Å²) in [6, 6.07) is 0. The minimum atomic E-state index is -1.43. The van der Waals surface area contributed by atoms with E-state index in [1.165, 1.54) is 6.92 Å². The van der Waals surface area contributed by atoms with Crippen molar-refractivity contribution in [1.29, 1.82) is 0 Å². The fourth-order valence-corrected chi connectivity index (χ4v) is 4.47. The number of carbonyl (C=O) groups excluding carboxylic acids is 1. The average molecular weight is 405 g/mol. The van der Waals surface area contributed by atoms with Crippen molar-refractivity contribution in [3.8, 4) is 0 Å². The van der Waals surface area contributed by atoms with Gasteiger partial charge in [0.25, 0.3) is 0 Å². The fourth-order valence-electron chi connectivity index (χ4n) is 4.47. The van der Waals surface area contributed by atoms with Gasteiger partial charge in [-0.15, -0.1) is 0 Å². The van der Waals surface area contributed by atoms with Crippen LogP contribution < -0.4 is 5.32 Å². The van der Waals surface area contributed by atoms with Crippen LogP contribution in [0.25, 0.3) is 0 Å². The maximum Gasteiger partial charge on any atom is 0.216 e. The Labute approximate surface area is 163 Å². The Morgan fingerprint density at radius 3 is 2.43 bits per heavy atom. The predicted molar refractivity (Wildman–Crippen MR) is 94.2 cm³/mol. The van der Waals surface area contributed by atoms with Crippen LogP contribution in [0.5, 0.6) is 0 Å². The summed E-state index contributed by atoms with van der Waals surface area (Å²) < 4.78 is 17.6. The zero-order chi connectivity index (χ0) is 20.4. The Morgan fingerprint density at radius 1 is 1.04 bits per heavy atom. The summed E-state index contributed by atoms with van der Waals surface area (Å²) in [7, 11) is 0. The van der Waals surface area contributed by atoms with Crippen LogP contribution >= 0.6 is 0 Å². The van der Waals surface area contributed by atoms with E-state index in [0.29, 0.717) is 12.8 Å². The molecule has 4 saturated heterocycles. The van der Waals surface area contributed by atoms with Crippen molar-refractivity contribution < 1.29 is 44.5 Å². The minimum Gasteiger partial charge on any atom is -0.394 e. The average Bonchev–Trinajstić information content (AvgIpc) is 2.76. The number of ether oxygens (including phenoxy) is 3. The van der Waals surface area contributed by atoms with Gasteiger partial charge >= 0.3 is 0 Å². The molecule has 0 aromatic carbocycles. The van der Waals surface area contributed by atoms with Crippen LogP contribution in [0.4, 0.5) is 0 Å². The highest BCUT2D eigenvalue weighted by molar-refractivity contribution is 5.72. The van der Waals surface area contributed by atoms with Gasteiger partial charge in [-0.2, -0.15) is 0 Å². The maximum absolute atomic E-state index is 11.4. The molecular weight excluding hydrogens is 374 g/mol. The summed E-state index contributed by atoms with van der Waals surface area (Å²) in [5.41, 5.74) is 0. The normalized spacial score (nSPS) is 47.1. The molecule has 10 heteroatoms. The van der Waals surface area contributed by atoms with Crippen molar-refractivity contribution in [3.05, 3.63) is 0 Å². The molecule has 4 heterocycles. The van der Waals surface area contributed by atoms with Gasteiger partial charge in [0.15, 0.2) is 0 Å². The van der Waals surface area contributed by atoms with Gasteiger partial charge in [0, 0.05) is 32.4 Å². The summed E-state index contributed by atoms with van der Waals surface area (Å²) in [6.07, 6.45) is -8.01. The van der Waals surface area contributed by atoms with Crippen molar-refractivity contribution in [3.63, 3.8) is 0 Å². The second kappa shape index (κ2) is 9.31. The topological polar surface area (TPSA) is 158 Å². The number of amides is 1. The summed E-state index contributed by atoms with van der Waals surface area (Å²) in [6.45, 7) is 1.20. The molecule has 0 saturated carbocycles. The summed E-state index contributed by atoms with van der Waals surface area (Å²) in [4.78, 5) is 11.4. The third kappa shape index (κ3) is 4.49. The van der Waals surface area contributed by atoms with Gasteiger partial charge in [0.1, 0.15) is 24.4 Å². The zero-order valence-corrected chi connectivity index (χ0v) is 15.9. The van der Waals surface area contributed by atoms with Gasteiger partial charge in [-0.25, -0.2) is 0 Å². The van der Waals surface area contributed by atoms with Gasteiger partial charge < -0.3 is 45.1 Å². The molecule has 1 unspecified atom stereocenters. The van der Waals surface area contributed by atoms with Gasteiger partial charge in [-0.05, 0) is 12.8 Å². The Hall–Kier alpha value is -0.850. The Morgan fingerprint density at radius 2 is 1.75 bits per heavy atom. The highest BCUT2D eigenvalue weighted by Gasteiger charge is 2.53. The lowest BCUT2D eigenvalue weighted by Gasteiger charge is -2.47. The van der Waals surface area contributed by atoms with E-state index >= 15 is 0 Å². The highest BCUT2D eigenvalue weighted by atomic mass is 16.6. The van der Waals surface area contributed by atoms with Crippen LogP contribution in [-0.4, -0.2) is 106 Å². The molecule has 10 nitrogen and oxygen atoms in total. The van der Waals surface area contributed by atoms with Crippen LogP contribution in [0, 0.1) is 5.92 Å². The van der Waals surface area contributed by atoms with E-state index in [1.807, 2.05) is 0 Å². The van der Waals surface area contributed by atoms with Crippen molar-refractivity contribution in [2.24, 2.45) is 5.92 Å². The lowest BCUT2D eigenvalue weighted by Crippen LogP contribution is -2.65. The number of rotatable bonds is 3. The molecule has 28 heavy (non-hydrogen) atoms. The van der Waals surface area contributed by atoms with Crippen LogP contribution in [0.3, 0.4) is 0 Å². The number of nitrogens with one attached hydrogen (secondary N) is 1. The quantitative estimate of drug-likeness (QED) is 0.293. The van der Waals surface area contributed by atoms with Crippen LogP contribution in [0.2, 0.25) is 0 Å². The number of fused-ring (bicyclic) bond motifs is 5. The van der Waals surface area contributed by atoms with Crippen LogP contribution in [0.1, 0.15) is 26.2 Å². The molecule has 0 spiro atoms. The zero-order valence-electron chi connectivity index (χ0n) is 15.9. The first-order valence-corrected chi connectivity index (χ1v) is 9.83. The van der Waals surface area contributed by atoms with E-state index in [2.05, 4.69) is 5.32 Å². The SMILES string of the molecule is CC(=O)NC[C@H]1O[C@H]2CCCO[C@H]3[C@H](O)[C@@H](O)[C@H](O[C@@H]3CO)C1[C@H](O)[C@@H](O)C2. The number of aliphatic hydroxyl groups excluding tert-OH is 5. The molecule has 0 aromatic rings. The van der Waals surface area contributed by atoms with E-state index in [9.17, 15) is 30.3 Å². The highest BCUT2D eigenvalue weighted by Crippen LogP contribution is 2.37. The van der Waals surface area contributed by atoms with Crippen LogP contribution in [0.15, 0.2) is 0 Å².